The number of aryl methyl sites for hydroxylation is 2. The third-order valence-corrected chi connectivity index (χ3v) is 6.11. The lowest BCUT2D eigenvalue weighted by Crippen LogP contribution is -2.44. The summed E-state index contributed by atoms with van der Waals surface area (Å²) < 4.78 is 14.1. The first kappa shape index (κ1) is 18.6. The van der Waals surface area contributed by atoms with Crippen LogP contribution in [0.25, 0.3) is 0 Å². The van der Waals surface area contributed by atoms with Crippen LogP contribution in [0.2, 0.25) is 0 Å². The van der Waals surface area contributed by atoms with Gasteiger partial charge in [-0.15, -0.1) is 0 Å². The number of para-hydroxylation sites is 1. The van der Waals surface area contributed by atoms with Crippen LogP contribution in [0.3, 0.4) is 0 Å². The normalized spacial score (nSPS) is 19.2. The van der Waals surface area contributed by atoms with E-state index in [4.69, 9.17) is 4.99 Å². The second-order valence-corrected chi connectivity index (χ2v) is 7.60. The van der Waals surface area contributed by atoms with Gasteiger partial charge in [0.25, 0.3) is 0 Å². The molecule has 26 heavy (non-hydrogen) atoms. The maximum atomic E-state index is 14.1. The van der Waals surface area contributed by atoms with Gasteiger partial charge in [-0.2, -0.15) is 0 Å². The van der Waals surface area contributed by atoms with Gasteiger partial charge in [0, 0.05) is 12.6 Å². The van der Waals surface area contributed by atoms with Crippen molar-refractivity contribution >= 4 is 12.0 Å². The largest absolute Gasteiger partial charge is 0.352 e. The van der Waals surface area contributed by atoms with E-state index in [-0.39, 0.29) is 11.4 Å². The summed E-state index contributed by atoms with van der Waals surface area (Å²) in [5.41, 5.74) is 6.01. The summed E-state index contributed by atoms with van der Waals surface area (Å²) in [5, 5.41) is 0. The molecule has 0 saturated heterocycles. The van der Waals surface area contributed by atoms with Crippen LogP contribution in [-0.2, 0) is 5.54 Å². The van der Waals surface area contributed by atoms with Gasteiger partial charge in [-0.05, 0) is 67.9 Å². The Kier molecular flexibility index (Phi) is 4.92. The summed E-state index contributed by atoms with van der Waals surface area (Å²) in [7, 11) is 2.05. The minimum atomic E-state index is -0.373. The van der Waals surface area contributed by atoms with Crippen LogP contribution in [-0.4, -0.2) is 18.3 Å². The first-order valence-corrected chi connectivity index (χ1v) is 9.52. The molecular formula is C23H29FN2. The lowest BCUT2D eigenvalue weighted by atomic mass is 9.77. The van der Waals surface area contributed by atoms with E-state index in [1.54, 1.807) is 6.07 Å². The predicted molar refractivity (Wildman–Crippen MR) is 108 cm³/mol. The molecule has 0 aliphatic carbocycles. The highest BCUT2D eigenvalue weighted by Gasteiger charge is 2.39. The Morgan fingerprint density at radius 1 is 1.08 bits per heavy atom. The number of rotatable bonds is 4. The SMILES string of the molecule is CCC(CC)c1cccc2c1N=CN(C)C2(C)c1cc(C)c(F)cc1C. The molecule has 1 unspecified atom stereocenters. The smallest absolute Gasteiger partial charge is 0.126 e. The molecule has 0 N–H and O–H groups in total. The molecule has 3 rings (SSSR count). The van der Waals surface area contributed by atoms with Gasteiger partial charge >= 0.3 is 0 Å². The molecule has 2 nitrogen and oxygen atoms in total. The number of nitrogens with zero attached hydrogens (tertiary/aromatic N) is 2. The van der Waals surface area contributed by atoms with Crippen LogP contribution >= 0.6 is 0 Å². The van der Waals surface area contributed by atoms with Gasteiger partial charge in [-0.25, -0.2) is 9.38 Å². The number of hydrogen-bond acceptors (Lipinski definition) is 2. The third-order valence-electron chi connectivity index (χ3n) is 6.11. The van der Waals surface area contributed by atoms with Crippen LogP contribution in [0, 0.1) is 19.7 Å². The Labute approximate surface area is 156 Å². The van der Waals surface area contributed by atoms with E-state index in [1.807, 2.05) is 33.3 Å². The van der Waals surface area contributed by atoms with E-state index in [0.29, 0.717) is 11.5 Å². The van der Waals surface area contributed by atoms with Gasteiger partial charge in [0.2, 0.25) is 0 Å². The second kappa shape index (κ2) is 6.86. The highest BCUT2D eigenvalue weighted by molar-refractivity contribution is 5.74. The van der Waals surface area contributed by atoms with Crippen LogP contribution in [0.1, 0.15) is 67.3 Å². The van der Waals surface area contributed by atoms with Crippen molar-refractivity contribution in [1.29, 1.82) is 0 Å². The minimum Gasteiger partial charge on any atom is -0.352 e. The highest BCUT2D eigenvalue weighted by atomic mass is 19.1. The molecule has 1 aliphatic rings. The monoisotopic (exact) mass is 352 g/mol. The molecule has 0 bridgehead atoms. The third kappa shape index (κ3) is 2.74. The molecule has 138 valence electrons. The Morgan fingerprint density at radius 2 is 1.77 bits per heavy atom. The van der Waals surface area contributed by atoms with Gasteiger partial charge in [0.15, 0.2) is 0 Å². The van der Waals surface area contributed by atoms with Crippen LogP contribution in [0.15, 0.2) is 35.3 Å². The molecule has 1 aliphatic heterocycles. The summed E-state index contributed by atoms with van der Waals surface area (Å²) in [6.45, 7) is 10.5. The van der Waals surface area contributed by atoms with Gasteiger partial charge < -0.3 is 4.90 Å². The van der Waals surface area contributed by atoms with E-state index >= 15 is 0 Å². The van der Waals surface area contributed by atoms with E-state index in [1.165, 1.54) is 11.1 Å². The average molecular weight is 352 g/mol. The first-order chi connectivity index (χ1) is 12.3. The van der Waals surface area contributed by atoms with E-state index < -0.39 is 0 Å². The predicted octanol–water partition coefficient (Wildman–Crippen LogP) is 6.21. The maximum Gasteiger partial charge on any atom is 0.126 e. The lowest BCUT2D eigenvalue weighted by molar-refractivity contribution is 0.290. The van der Waals surface area contributed by atoms with Crippen molar-refractivity contribution < 1.29 is 4.39 Å². The van der Waals surface area contributed by atoms with Crippen molar-refractivity contribution in [2.45, 2.75) is 58.9 Å². The molecule has 2 aromatic carbocycles. The molecule has 0 saturated carbocycles. The van der Waals surface area contributed by atoms with E-state index in [9.17, 15) is 4.39 Å². The molecule has 3 heteroatoms. The number of benzene rings is 2. The Hall–Kier alpha value is -2.16. The first-order valence-electron chi connectivity index (χ1n) is 9.52. The standard InChI is InChI=1S/C23H29FN2/c1-7-17(8-2)18-10-9-11-19-22(18)25-14-26(6)23(19,5)20-12-16(4)21(24)13-15(20)3/h9-14,17H,7-8H2,1-6H3. The molecular weight excluding hydrogens is 323 g/mol. The van der Waals surface area contributed by atoms with Gasteiger partial charge in [0.1, 0.15) is 5.82 Å². The molecule has 0 fully saturated rings. The fourth-order valence-corrected chi connectivity index (χ4v) is 4.25. The zero-order chi connectivity index (χ0) is 19.1. The average Bonchev–Trinajstić information content (AvgIpc) is 2.62. The summed E-state index contributed by atoms with van der Waals surface area (Å²) in [6, 6.07) is 10.2. The van der Waals surface area contributed by atoms with Gasteiger partial charge in [-0.3, -0.25) is 0 Å². The Morgan fingerprint density at radius 3 is 2.42 bits per heavy atom. The van der Waals surface area contributed by atoms with Crippen molar-refractivity contribution in [2.75, 3.05) is 7.05 Å². The topological polar surface area (TPSA) is 15.6 Å². The highest BCUT2D eigenvalue weighted by Crippen LogP contribution is 2.46. The molecule has 0 amide bonds. The Bertz CT molecular complexity index is 852. The lowest BCUT2D eigenvalue weighted by Gasteiger charge is -2.43. The summed E-state index contributed by atoms with van der Waals surface area (Å²) in [5.74, 6) is 0.360. The zero-order valence-corrected chi connectivity index (χ0v) is 16.7. The summed E-state index contributed by atoms with van der Waals surface area (Å²) in [4.78, 5) is 6.95. The fraction of sp³-hybridized carbons (Fsp3) is 0.435. The molecule has 2 aromatic rings. The summed E-state index contributed by atoms with van der Waals surface area (Å²) in [6.07, 6.45) is 4.12. The number of aliphatic imine (C=N–C) groups is 1. The number of halogens is 1. The molecule has 1 heterocycles. The van der Waals surface area contributed by atoms with E-state index in [0.717, 1.165) is 29.7 Å². The second-order valence-electron chi connectivity index (χ2n) is 7.60. The van der Waals surface area contributed by atoms with Crippen molar-refractivity contribution in [3.05, 3.63) is 64.0 Å². The van der Waals surface area contributed by atoms with Crippen molar-refractivity contribution in [3.8, 4) is 0 Å². The molecule has 1 atom stereocenters. The van der Waals surface area contributed by atoms with Crippen LogP contribution in [0.5, 0.6) is 0 Å². The van der Waals surface area contributed by atoms with Crippen molar-refractivity contribution in [2.24, 2.45) is 4.99 Å². The van der Waals surface area contributed by atoms with Gasteiger partial charge in [-0.1, -0.05) is 38.1 Å². The molecule has 0 radical (unpaired) electrons. The maximum absolute atomic E-state index is 14.1. The van der Waals surface area contributed by atoms with Crippen molar-refractivity contribution in [1.82, 2.24) is 4.90 Å². The number of hydrogen-bond donors (Lipinski definition) is 0. The quantitative estimate of drug-likeness (QED) is 0.638. The Balaban J connectivity index is 2.27. The van der Waals surface area contributed by atoms with E-state index in [2.05, 4.69) is 43.9 Å². The van der Waals surface area contributed by atoms with Crippen LogP contribution in [0.4, 0.5) is 10.1 Å². The minimum absolute atomic E-state index is 0.145. The fourth-order valence-electron chi connectivity index (χ4n) is 4.25. The summed E-state index contributed by atoms with van der Waals surface area (Å²) >= 11 is 0. The number of fused-ring (bicyclic) bond motifs is 1. The van der Waals surface area contributed by atoms with Gasteiger partial charge in [0.05, 0.1) is 17.6 Å². The molecule has 0 aromatic heterocycles. The van der Waals surface area contributed by atoms with Crippen LogP contribution < -0.4 is 0 Å². The van der Waals surface area contributed by atoms with Crippen molar-refractivity contribution in [3.63, 3.8) is 0 Å². The zero-order valence-electron chi connectivity index (χ0n) is 16.7. The molecule has 0 spiro atoms.